The van der Waals surface area contributed by atoms with Gasteiger partial charge in [-0.05, 0) is 41.5 Å². The minimum absolute atomic E-state index is 0.0610. The molecule has 0 bridgehead atoms. The fourth-order valence-electron chi connectivity index (χ4n) is 5.55. The summed E-state index contributed by atoms with van der Waals surface area (Å²) in [5.41, 5.74) is 0.588. The Balaban J connectivity index is 1.47. The third-order valence-electron chi connectivity index (χ3n) is 8.10. The van der Waals surface area contributed by atoms with Crippen molar-refractivity contribution in [2.45, 2.75) is 37.1 Å². The first-order valence-electron chi connectivity index (χ1n) is 15.4. The number of rotatable bonds is 13. The number of carbonyl (C=O) groups excluding carboxylic acids is 2. The topological polar surface area (TPSA) is 267 Å². The zero-order valence-electron chi connectivity index (χ0n) is 27.0. The van der Waals surface area contributed by atoms with Gasteiger partial charge in [-0.15, -0.1) is 0 Å². The standard InChI is InChI=1S/C36H29AtO16/c37-53-26-9-2-17(12-25(26)43)13-27(34(45)46)50-29(44)10-5-18-3-8-22(40)33-30(18)31(32(52-33)19-4-7-21(39)24(42)15-19)36(49)51-28(35(47)48)14-16-1-6-20(38)23(41)11-16/h1-12,15,27-28,31-32,38-43H,13-14H2,(H,45,46)(H,47,48)/b10-5+/t27-,28-,31+,32-/m1/s1. The van der Waals surface area contributed by atoms with Gasteiger partial charge in [-0.25, -0.2) is 4.79 Å². The Bertz CT molecular complexity index is 2110. The van der Waals surface area contributed by atoms with Crippen LogP contribution in [0.4, 0.5) is 0 Å². The van der Waals surface area contributed by atoms with E-state index in [9.17, 15) is 60.0 Å². The number of phenols is 6. The van der Waals surface area contributed by atoms with Crippen LogP contribution in [-0.4, -0.2) is 76.9 Å². The average Bonchev–Trinajstić information content (AvgIpc) is 3.52. The van der Waals surface area contributed by atoms with Crippen molar-refractivity contribution < 1.29 is 102 Å². The molecule has 5 rings (SSSR count). The predicted molar refractivity (Wildman–Crippen MR) is 174 cm³/mol. The van der Waals surface area contributed by atoms with E-state index in [-0.39, 0.29) is 45.9 Å². The Hall–Kier alpha value is -6.22. The van der Waals surface area contributed by atoms with Gasteiger partial charge in [0.05, 0.1) is 0 Å². The molecular formula is C36H29AtO16. The Morgan fingerprint density at radius 3 is 1.85 bits per heavy atom. The molecule has 16 nitrogen and oxygen atoms in total. The third-order valence-corrected chi connectivity index (χ3v) is 8.75. The van der Waals surface area contributed by atoms with Gasteiger partial charge in [0.25, 0.3) is 0 Å². The predicted octanol–water partition coefficient (Wildman–Crippen LogP) is 3.47. The first-order valence-corrected chi connectivity index (χ1v) is 16.6. The number of ether oxygens (including phenoxy) is 3. The van der Waals surface area contributed by atoms with Crippen molar-refractivity contribution in [2.75, 3.05) is 0 Å². The second kappa shape index (κ2) is 16.0. The molecule has 0 unspecified atom stereocenters. The van der Waals surface area contributed by atoms with Crippen LogP contribution in [0.15, 0.2) is 72.8 Å². The van der Waals surface area contributed by atoms with E-state index < -0.39 is 83.3 Å². The van der Waals surface area contributed by atoms with Crippen molar-refractivity contribution in [1.82, 2.24) is 0 Å². The summed E-state index contributed by atoms with van der Waals surface area (Å²) in [5, 5.41) is 80.1. The molecule has 0 radical (unpaired) electrons. The van der Waals surface area contributed by atoms with E-state index >= 15 is 0 Å². The molecule has 0 aliphatic carbocycles. The zero-order chi connectivity index (χ0) is 38.6. The van der Waals surface area contributed by atoms with E-state index in [2.05, 4.69) is 0 Å². The number of carboxylic acid groups (broad SMARTS) is 2. The van der Waals surface area contributed by atoms with Gasteiger partial charge in [-0.3, -0.25) is 4.79 Å². The third kappa shape index (κ3) is 8.64. The van der Waals surface area contributed by atoms with Crippen LogP contribution in [0.2, 0.25) is 0 Å². The summed E-state index contributed by atoms with van der Waals surface area (Å²) in [6, 6.07) is 13.7. The summed E-state index contributed by atoms with van der Waals surface area (Å²) in [7, 11) is 0. The van der Waals surface area contributed by atoms with E-state index in [1.807, 2.05) is 0 Å². The molecule has 4 atom stereocenters. The van der Waals surface area contributed by atoms with E-state index in [0.717, 1.165) is 61.6 Å². The summed E-state index contributed by atoms with van der Waals surface area (Å²) < 4.78 is 21.6. The molecular weight excluding hydrogens is 898 g/mol. The Labute approximate surface area is 314 Å². The first-order chi connectivity index (χ1) is 25.2. The molecule has 0 saturated carbocycles. The van der Waals surface area contributed by atoms with Gasteiger partial charge in [-0.2, -0.15) is 0 Å². The molecule has 0 spiro atoms. The second-order valence-electron chi connectivity index (χ2n) is 11.7. The van der Waals surface area contributed by atoms with Crippen molar-refractivity contribution in [3.63, 3.8) is 0 Å². The maximum absolute atomic E-state index is 14.0. The Morgan fingerprint density at radius 2 is 1.26 bits per heavy atom. The number of aliphatic carboxylic acids is 2. The van der Waals surface area contributed by atoms with Crippen LogP contribution in [0.1, 0.15) is 39.8 Å². The average molecular weight is 928 g/mol. The van der Waals surface area contributed by atoms with Crippen molar-refractivity contribution in [2.24, 2.45) is 0 Å². The monoisotopic (exact) mass is 927 g/mol. The van der Waals surface area contributed by atoms with Crippen molar-refractivity contribution >= 4 is 30.0 Å². The quantitative estimate of drug-likeness (QED) is 0.0542. The Morgan fingerprint density at radius 1 is 0.698 bits per heavy atom. The van der Waals surface area contributed by atoms with Gasteiger partial charge in [0.15, 0.2) is 34.5 Å². The van der Waals surface area contributed by atoms with Crippen LogP contribution in [-0.2, 0) is 41.5 Å². The number of esters is 2. The zero-order valence-corrected chi connectivity index (χ0v) is 29.9. The van der Waals surface area contributed by atoms with Gasteiger partial charge >= 0.3 is 142 Å². The molecule has 17 heteroatoms. The molecule has 1 aliphatic rings. The number of hydrogen-bond acceptors (Lipinski definition) is 14. The molecule has 1 heterocycles. The van der Waals surface area contributed by atoms with Gasteiger partial charge in [-0.1, -0.05) is 18.2 Å². The van der Waals surface area contributed by atoms with Crippen molar-refractivity contribution in [3.05, 3.63) is 101 Å². The van der Waals surface area contributed by atoms with Gasteiger partial charge in [0.2, 0.25) is 6.10 Å². The van der Waals surface area contributed by atoms with Gasteiger partial charge in [0, 0.05) is 12.0 Å². The molecule has 0 amide bonds. The molecule has 8 N–H and O–H groups in total. The second-order valence-corrected chi connectivity index (χ2v) is 12.3. The van der Waals surface area contributed by atoms with Gasteiger partial charge < -0.3 is 40.1 Å². The summed E-state index contributed by atoms with van der Waals surface area (Å²) in [4.78, 5) is 51.1. The SMILES string of the molecule is O=C(/C=C/c1ccc(O)c2c1[C@H](C(=O)O[C@H](Cc1ccc(O)c(O)c1)C(=O)O)[C@@H](c1ccc(O)c(O)c1)O2)O[C@H](Cc1ccc(O[At])c(O)c1)C(=O)O. The van der Waals surface area contributed by atoms with Crippen molar-refractivity contribution in [3.8, 4) is 46.0 Å². The fraction of sp³-hybridized carbons (Fsp3) is 0.167. The molecule has 0 aromatic heterocycles. The van der Waals surface area contributed by atoms with Crippen LogP contribution >= 0.6 is 0 Å². The number of benzene rings is 4. The van der Waals surface area contributed by atoms with Crippen LogP contribution in [0.3, 0.4) is 0 Å². The van der Waals surface area contributed by atoms with Gasteiger partial charge in [0.1, 0.15) is 12.0 Å². The molecule has 276 valence electrons. The van der Waals surface area contributed by atoms with Crippen LogP contribution in [0.25, 0.3) is 6.08 Å². The minimum atomic E-state index is -1.84. The molecule has 0 fully saturated rings. The number of carboxylic acids is 2. The molecule has 4 aromatic rings. The van der Waals surface area contributed by atoms with E-state index in [1.165, 1.54) is 42.5 Å². The molecule has 53 heavy (non-hydrogen) atoms. The first kappa shape index (κ1) is 38.0. The van der Waals surface area contributed by atoms with E-state index in [0.29, 0.717) is 5.56 Å². The number of aromatic hydroxyl groups is 6. The van der Waals surface area contributed by atoms with E-state index in [4.69, 9.17) is 17.0 Å². The maximum atomic E-state index is 14.0. The number of carbonyl (C=O) groups is 4. The molecule has 0 saturated heterocycles. The summed E-state index contributed by atoms with van der Waals surface area (Å²) in [6.07, 6.45) is -3.67. The summed E-state index contributed by atoms with van der Waals surface area (Å²) >= 11 is 0.922. The fourth-order valence-corrected chi connectivity index (χ4v) is 6.06. The van der Waals surface area contributed by atoms with Crippen molar-refractivity contribution in [1.29, 1.82) is 0 Å². The summed E-state index contributed by atoms with van der Waals surface area (Å²) in [5.74, 6) is -9.82. The van der Waals surface area contributed by atoms with Crippen LogP contribution in [0.5, 0.6) is 46.0 Å². The number of phenolic OH excluding ortho intramolecular Hbond substituents is 6. The van der Waals surface area contributed by atoms with Crippen LogP contribution in [0, 0.1) is 25.2 Å². The Kier molecular flexibility index (Phi) is 11.5. The molecule has 1 aliphatic heterocycles. The number of fused-ring (bicyclic) bond motifs is 1. The normalized spacial score (nSPS) is 15.9. The van der Waals surface area contributed by atoms with E-state index in [1.54, 1.807) is 0 Å². The molecule has 4 aromatic carbocycles. The number of hydrogen-bond donors (Lipinski definition) is 8. The summed E-state index contributed by atoms with van der Waals surface area (Å²) in [6.45, 7) is 0. The van der Waals surface area contributed by atoms with Crippen LogP contribution < -0.4 is 7.55 Å².